The van der Waals surface area contributed by atoms with Gasteiger partial charge in [-0.1, -0.05) is 36.1 Å². The van der Waals surface area contributed by atoms with E-state index in [1.165, 1.54) is 13.8 Å². The summed E-state index contributed by atoms with van der Waals surface area (Å²) in [5.41, 5.74) is 2.96. The zero-order valence-corrected chi connectivity index (χ0v) is 12.4. The number of Topliss-reactive ketones (excluding diaryl/α,β-unsaturated/α-hetero) is 2. The lowest BCUT2D eigenvalue weighted by Crippen LogP contribution is -1.90. The van der Waals surface area contributed by atoms with Crippen molar-refractivity contribution in [2.75, 3.05) is 0 Å². The molecule has 2 heteroatoms. The van der Waals surface area contributed by atoms with Crippen LogP contribution in [0.25, 0.3) is 0 Å². The van der Waals surface area contributed by atoms with Crippen LogP contribution in [0, 0.1) is 23.7 Å². The molecule has 0 aliphatic heterocycles. The highest BCUT2D eigenvalue weighted by molar-refractivity contribution is 5.94. The van der Waals surface area contributed by atoms with Crippen LogP contribution in [0.5, 0.6) is 0 Å². The highest BCUT2D eigenvalue weighted by Crippen LogP contribution is 2.04. The molecule has 0 fully saturated rings. The predicted molar refractivity (Wildman–Crippen MR) is 86.6 cm³/mol. The van der Waals surface area contributed by atoms with E-state index in [9.17, 15) is 9.59 Å². The topological polar surface area (TPSA) is 34.1 Å². The van der Waals surface area contributed by atoms with E-state index in [0.29, 0.717) is 11.1 Å². The molecule has 2 nitrogen and oxygen atoms in total. The van der Waals surface area contributed by atoms with Crippen molar-refractivity contribution in [2.45, 2.75) is 13.8 Å². The van der Waals surface area contributed by atoms with Crippen molar-refractivity contribution in [1.29, 1.82) is 0 Å². The van der Waals surface area contributed by atoms with Gasteiger partial charge in [0.1, 0.15) is 0 Å². The molecular weight excluding hydrogens is 272 g/mol. The molecule has 0 unspecified atom stereocenters. The molecule has 0 heterocycles. The Hall–Kier alpha value is -3.10. The molecule has 0 atom stereocenters. The Balaban J connectivity index is 2.07. The van der Waals surface area contributed by atoms with E-state index >= 15 is 0 Å². The second-order valence-corrected chi connectivity index (χ2v) is 4.77. The minimum atomic E-state index is 0.0355. The quantitative estimate of drug-likeness (QED) is 0.625. The minimum absolute atomic E-state index is 0.0355. The van der Waals surface area contributed by atoms with Crippen molar-refractivity contribution >= 4 is 11.6 Å². The maximum absolute atomic E-state index is 11.2. The van der Waals surface area contributed by atoms with Crippen LogP contribution in [0.3, 0.4) is 0 Å². The minimum Gasteiger partial charge on any atom is -0.295 e. The van der Waals surface area contributed by atoms with E-state index in [4.69, 9.17) is 0 Å². The first-order chi connectivity index (χ1) is 10.6. The van der Waals surface area contributed by atoms with Crippen molar-refractivity contribution in [3.63, 3.8) is 0 Å². The molecule has 0 bridgehead atoms. The van der Waals surface area contributed by atoms with Gasteiger partial charge in [0.15, 0.2) is 11.6 Å². The lowest BCUT2D eigenvalue weighted by molar-refractivity contribution is 0.100. The van der Waals surface area contributed by atoms with Crippen LogP contribution in [-0.4, -0.2) is 11.6 Å². The number of hydrogen-bond acceptors (Lipinski definition) is 2. The van der Waals surface area contributed by atoms with Crippen LogP contribution in [0.1, 0.15) is 45.7 Å². The molecule has 0 N–H and O–H groups in total. The maximum Gasteiger partial charge on any atom is 0.159 e. The van der Waals surface area contributed by atoms with Crippen LogP contribution in [0.2, 0.25) is 0 Å². The standard InChI is InChI=1S/C20H14O2/c1-15(21)19-11-7-17(8-12-19)5-3-4-6-18-9-13-20(14-10-18)16(2)22/h7-14H,1-2H3. The maximum atomic E-state index is 11.2. The van der Waals surface area contributed by atoms with Gasteiger partial charge in [-0.05, 0) is 50.0 Å². The summed E-state index contributed by atoms with van der Waals surface area (Å²) in [5.74, 6) is 11.5. The van der Waals surface area contributed by atoms with Crippen LogP contribution in [-0.2, 0) is 0 Å². The molecule has 0 amide bonds. The SMILES string of the molecule is CC(=O)c1ccc(C#CC#Cc2ccc(C(C)=O)cc2)cc1. The predicted octanol–water partition coefficient (Wildman–Crippen LogP) is 3.50. The van der Waals surface area contributed by atoms with Crippen molar-refractivity contribution in [3.05, 3.63) is 70.8 Å². The fourth-order valence-electron chi connectivity index (χ4n) is 1.78. The molecule has 22 heavy (non-hydrogen) atoms. The number of carbonyl (C=O) groups excluding carboxylic acids is 2. The Bertz CT molecular complexity index is 744. The van der Waals surface area contributed by atoms with Crippen molar-refractivity contribution in [3.8, 4) is 23.7 Å². The first kappa shape index (κ1) is 15.3. The fourth-order valence-corrected chi connectivity index (χ4v) is 1.78. The van der Waals surface area contributed by atoms with Gasteiger partial charge in [-0.2, -0.15) is 0 Å². The molecule has 0 aliphatic rings. The third kappa shape index (κ3) is 4.20. The first-order valence-corrected chi connectivity index (χ1v) is 6.80. The van der Waals surface area contributed by atoms with Gasteiger partial charge in [-0.25, -0.2) is 0 Å². The summed E-state index contributed by atoms with van der Waals surface area (Å²) in [7, 11) is 0. The number of ketones is 2. The normalized spacial score (nSPS) is 9.00. The smallest absolute Gasteiger partial charge is 0.159 e. The number of hydrogen-bond donors (Lipinski definition) is 0. The first-order valence-electron chi connectivity index (χ1n) is 6.80. The van der Waals surface area contributed by atoms with E-state index in [2.05, 4.69) is 23.7 Å². The highest BCUT2D eigenvalue weighted by Gasteiger charge is 1.97. The third-order valence-electron chi connectivity index (χ3n) is 3.06. The Labute approximate surface area is 130 Å². The molecule has 2 rings (SSSR count). The van der Waals surface area contributed by atoms with E-state index in [0.717, 1.165) is 11.1 Å². The number of benzene rings is 2. The monoisotopic (exact) mass is 286 g/mol. The van der Waals surface area contributed by atoms with Gasteiger partial charge in [0, 0.05) is 22.3 Å². The highest BCUT2D eigenvalue weighted by atomic mass is 16.1. The van der Waals surface area contributed by atoms with Crippen molar-refractivity contribution in [2.24, 2.45) is 0 Å². The third-order valence-corrected chi connectivity index (χ3v) is 3.06. The van der Waals surface area contributed by atoms with Gasteiger partial charge in [0.25, 0.3) is 0 Å². The molecule has 2 aromatic carbocycles. The number of carbonyl (C=O) groups is 2. The van der Waals surface area contributed by atoms with E-state index < -0.39 is 0 Å². The molecule has 0 aliphatic carbocycles. The van der Waals surface area contributed by atoms with Gasteiger partial charge >= 0.3 is 0 Å². The van der Waals surface area contributed by atoms with Gasteiger partial charge < -0.3 is 0 Å². The summed E-state index contributed by atoms with van der Waals surface area (Å²) < 4.78 is 0. The second-order valence-electron chi connectivity index (χ2n) is 4.77. The second kappa shape index (κ2) is 7.07. The molecule has 106 valence electrons. The summed E-state index contributed by atoms with van der Waals surface area (Å²) in [5, 5.41) is 0. The molecule has 2 aromatic rings. The van der Waals surface area contributed by atoms with Crippen LogP contribution in [0.4, 0.5) is 0 Å². The van der Waals surface area contributed by atoms with Gasteiger partial charge in [0.05, 0.1) is 0 Å². The van der Waals surface area contributed by atoms with E-state index in [1.807, 2.05) is 0 Å². The molecule has 0 saturated heterocycles. The molecule has 0 aromatic heterocycles. The zero-order valence-electron chi connectivity index (χ0n) is 12.4. The lowest BCUT2D eigenvalue weighted by Gasteiger charge is -1.94. The Kier molecular flexibility index (Phi) is 4.91. The Morgan fingerprint density at radius 3 is 1.23 bits per heavy atom. The van der Waals surface area contributed by atoms with Crippen molar-refractivity contribution in [1.82, 2.24) is 0 Å². The van der Waals surface area contributed by atoms with E-state index in [1.54, 1.807) is 48.5 Å². The Morgan fingerprint density at radius 1 is 0.636 bits per heavy atom. The summed E-state index contributed by atoms with van der Waals surface area (Å²) in [6.07, 6.45) is 0. The largest absolute Gasteiger partial charge is 0.295 e. The van der Waals surface area contributed by atoms with Gasteiger partial charge in [0.2, 0.25) is 0 Å². The van der Waals surface area contributed by atoms with Crippen LogP contribution in [0.15, 0.2) is 48.5 Å². The lowest BCUT2D eigenvalue weighted by atomic mass is 10.1. The zero-order chi connectivity index (χ0) is 15.9. The van der Waals surface area contributed by atoms with Crippen molar-refractivity contribution < 1.29 is 9.59 Å². The Morgan fingerprint density at radius 2 is 0.955 bits per heavy atom. The van der Waals surface area contributed by atoms with Crippen LogP contribution >= 0.6 is 0 Å². The number of rotatable bonds is 2. The van der Waals surface area contributed by atoms with Gasteiger partial charge in [-0.3, -0.25) is 9.59 Å². The molecule has 0 spiro atoms. The van der Waals surface area contributed by atoms with Gasteiger partial charge in [-0.15, -0.1) is 0 Å². The fraction of sp³-hybridized carbons (Fsp3) is 0.100. The summed E-state index contributed by atoms with van der Waals surface area (Å²) in [4.78, 5) is 22.3. The summed E-state index contributed by atoms with van der Waals surface area (Å²) in [6, 6.07) is 14.2. The average molecular weight is 286 g/mol. The summed E-state index contributed by atoms with van der Waals surface area (Å²) in [6.45, 7) is 3.06. The average Bonchev–Trinajstić information content (AvgIpc) is 2.52. The molecular formula is C20H14O2. The van der Waals surface area contributed by atoms with Crippen LogP contribution < -0.4 is 0 Å². The molecule has 0 radical (unpaired) electrons. The van der Waals surface area contributed by atoms with E-state index in [-0.39, 0.29) is 11.6 Å². The summed E-state index contributed by atoms with van der Waals surface area (Å²) >= 11 is 0. The molecule has 0 saturated carbocycles.